The summed E-state index contributed by atoms with van der Waals surface area (Å²) in [6.07, 6.45) is 0.110. The highest BCUT2D eigenvalue weighted by Gasteiger charge is 2.05. The molecule has 0 N–H and O–H groups in total. The zero-order valence-corrected chi connectivity index (χ0v) is 6.89. The molecule has 0 fully saturated rings. The fourth-order valence-corrected chi connectivity index (χ4v) is 0.502. The first-order valence-electron chi connectivity index (χ1n) is 2.99. The summed E-state index contributed by atoms with van der Waals surface area (Å²) in [5, 5.41) is 0. The van der Waals surface area contributed by atoms with Gasteiger partial charge in [-0.1, -0.05) is 0 Å². The molecule has 11 heavy (non-hydrogen) atoms. The number of hydrogen-bond acceptors (Lipinski definition) is 4. The van der Waals surface area contributed by atoms with Crippen LogP contribution in [-0.2, 0) is 19.1 Å². The van der Waals surface area contributed by atoms with Crippen LogP contribution in [0.4, 0.5) is 0 Å². The minimum absolute atomic E-state index is 0.110. The maximum Gasteiger partial charge on any atom is 0.344 e. The van der Waals surface area contributed by atoms with E-state index in [-0.39, 0.29) is 18.9 Å². The van der Waals surface area contributed by atoms with Crippen molar-refractivity contribution in [2.75, 3.05) is 19.6 Å². The van der Waals surface area contributed by atoms with Gasteiger partial charge in [0.2, 0.25) is 0 Å². The highest BCUT2D eigenvalue weighted by Crippen LogP contribution is 1.89. The van der Waals surface area contributed by atoms with Crippen LogP contribution in [0.15, 0.2) is 0 Å². The summed E-state index contributed by atoms with van der Waals surface area (Å²) in [6, 6.07) is 0. The number of hydrogen-bond donors (Lipinski definition) is 0. The molecular formula is C6H9ClO4. The average Bonchev–Trinajstić information content (AvgIpc) is 2.01. The van der Waals surface area contributed by atoms with E-state index in [9.17, 15) is 9.59 Å². The van der Waals surface area contributed by atoms with Crippen molar-refractivity contribution in [3.8, 4) is 0 Å². The Morgan fingerprint density at radius 2 is 2.00 bits per heavy atom. The van der Waals surface area contributed by atoms with Crippen LogP contribution in [-0.4, -0.2) is 31.5 Å². The van der Waals surface area contributed by atoms with Gasteiger partial charge in [0.05, 0.1) is 13.5 Å². The van der Waals surface area contributed by atoms with Crippen molar-refractivity contribution >= 4 is 23.5 Å². The Bertz CT molecular complexity index is 146. The molecule has 0 atom stereocenters. The largest absolute Gasteiger partial charge is 0.466 e. The molecule has 0 rings (SSSR count). The fourth-order valence-electron chi connectivity index (χ4n) is 0.348. The van der Waals surface area contributed by atoms with Crippen molar-refractivity contribution in [1.82, 2.24) is 0 Å². The van der Waals surface area contributed by atoms with Gasteiger partial charge in [-0.2, -0.15) is 0 Å². The summed E-state index contributed by atoms with van der Waals surface area (Å²) in [6.45, 7) is -0.341. The highest BCUT2D eigenvalue weighted by molar-refractivity contribution is 6.18. The molecule has 0 heterocycles. The maximum absolute atomic E-state index is 10.5. The van der Waals surface area contributed by atoms with Crippen molar-refractivity contribution in [2.45, 2.75) is 6.42 Å². The van der Waals surface area contributed by atoms with Gasteiger partial charge in [-0.25, -0.2) is 4.79 Å². The SMILES string of the molecule is COC(=O)COC(=O)CCCl. The summed E-state index contributed by atoms with van der Waals surface area (Å²) in [4.78, 5) is 20.9. The predicted molar refractivity (Wildman–Crippen MR) is 38.3 cm³/mol. The van der Waals surface area contributed by atoms with Crippen molar-refractivity contribution in [2.24, 2.45) is 0 Å². The Labute approximate surface area is 69.4 Å². The normalized spacial score (nSPS) is 8.91. The Balaban J connectivity index is 3.38. The number of carbonyl (C=O) groups excluding carboxylic acids is 2. The van der Waals surface area contributed by atoms with Crippen molar-refractivity contribution < 1.29 is 19.1 Å². The Kier molecular flexibility index (Phi) is 5.56. The van der Waals surface area contributed by atoms with Gasteiger partial charge in [0.1, 0.15) is 0 Å². The molecule has 0 aliphatic rings. The topological polar surface area (TPSA) is 52.6 Å². The number of rotatable bonds is 4. The molecule has 0 amide bonds. The molecule has 0 aliphatic heterocycles. The van der Waals surface area contributed by atoms with Gasteiger partial charge in [-0.15, -0.1) is 11.6 Å². The zero-order chi connectivity index (χ0) is 8.69. The number of carbonyl (C=O) groups is 2. The lowest BCUT2D eigenvalue weighted by molar-refractivity contribution is -0.156. The summed E-state index contributed by atoms with van der Waals surface area (Å²) in [5.74, 6) is -0.877. The lowest BCUT2D eigenvalue weighted by atomic mass is 10.5. The second-order valence-corrected chi connectivity index (χ2v) is 2.05. The molecule has 5 heteroatoms. The van der Waals surface area contributed by atoms with E-state index in [1.54, 1.807) is 0 Å². The third kappa shape index (κ3) is 5.66. The quantitative estimate of drug-likeness (QED) is 0.462. The molecule has 0 aromatic carbocycles. The molecule has 64 valence electrons. The standard InChI is InChI=1S/C6H9ClO4/c1-10-6(9)4-11-5(8)2-3-7/h2-4H2,1H3. The van der Waals surface area contributed by atoms with Crippen molar-refractivity contribution in [3.63, 3.8) is 0 Å². The van der Waals surface area contributed by atoms with Crippen molar-refractivity contribution in [3.05, 3.63) is 0 Å². The third-order valence-electron chi connectivity index (χ3n) is 0.877. The lowest BCUT2D eigenvalue weighted by Crippen LogP contribution is -2.14. The van der Waals surface area contributed by atoms with Gasteiger partial charge in [0, 0.05) is 5.88 Å². The van der Waals surface area contributed by atoms with Gasteiger partial charge in [0.15, 0.2) is 6.61 Å². The molecule has 0 spiro atoms. The van der Waals surface area contributed by atoms with Crippen LogP contribution < -0.4 is 0 Å². The van der Waals surface area contributed by atoms with Crippen LogP contribution >= 0.6 is 11.6 Å². The molecule has 0 aromatic rings. The van der Waals surface area contributed by atoms with Crippen LogP contribution in [0.1, 0.15) is 6.42 Å². The first-order chi connectivity index (χ1) is 5.20. The van der Waals surface area contributed by atoms with Crippen LogP contribution in [0.3, 0.4) is 0 Å². The zero-order valence-electron chi connectivity index (χ0n) is 6.13. The number of ether oxygens (including phenoxy) is 2. The lowest BCUT2D eigenvalue weighted by Gasteiger charge is -2.00. The monoisotopic (exact) mass is 180 g/mol. The number of esters is 2. The summed E-state index contributed by atoms with van der Waals surface area (Å²) in [5.41, 5.74) is 0. The van der Waals surface area contributed by atoms with E-state index >= 15 is 0 Å². The Morgan fingerprint density at radius 3 is 2.45 bits per heavy atom. The smallest absolute Gasteiger partial charge is 0.344 e. The number of methoxy groups -OCH3 is 1. The van der Waals surface area contributed by atoms with E-state index in [4.69, 9.17) is 11.6 Å². The van der Waals surface area contributed by atoms with E-state index in [0.717, 1.165) is 0 Å². The molecule has 0 radical (unpaired) electrons. The molecule has 0 saturated carbocycles. The number of alkyl halides is 1. The molecule has 0 aliphatic carbocycles. The maximum atomic E-state index is 10.5. The molecule has 0 unspecified atom stereocenters. The van der Waals surface area contributed by atoms with Gasteiger partial charge in [0.25, 0.3) is 0 Å². The van der Waals surface area contributed by atoms with Gasteiger partial charge in [-0.3, -0.25) is 4.79 Å². The Hall–Kier alpha value is -0.770. The van der Waals surface area contributed by atoms with Crippen LogP contribution in [0.5, 0.6) is 0 Å². The molecule has 0 saturated heterocycles. The highest BCUT2D eigenvalue weighted by atomic mass is 35.5. The van der Waals surface area contributed by atoms with Crippen LogP contribution in [0.25, 0.3) is 0 Å². The van der Waals surface area contributed by atoms with E-state index in [0.29, 0.717) is 0 Å². The van der Waals surface area contributed by atoms with E-state index in [1.165, 1.54) is 7.11 Å². The van der Waals surface area contributed by atoms with E-state index in [2.05, 4.69) is 9.47 Å². The first-order valence-corrected chi connectivity index (χ1v) is 3.52. The summed E-state index contributed by atoms with van der Waals surface area (Å²) in [7, 11) is 1.22. The van der Waals surface area contributed by atoms with E-state index in [1.807, 2.05) is 0 Å². The third-order valence-corrected chi connectivity index (χ3v) is 1.07. The van der Waals surface area contributed by atoms with Gasteiger partial charge >= 0.3 is 11.9 Å². The number of halogens is 1. The van der Waals surface area contributed by atoms with Crippen LogP contribution in [0.2, 0.25) is 0 Å². The molecular weight excluding hydrogens is 172 g/mol. The summed E-state index contributed by atoms with van der Waals surface area (Å²) >= 11 is 5.23. The first kappa shape index (κ1) is 10.2. The second-order valence-electron chi connectivity index (χ2n) is 1.68. The molecule has 0 bridgehead atoms. The molecule has 4 nitrogen and oxygen atoms in total. The van der Waals surface area contributed by atoms with Crippen LogP contribution in [0, 0.1) is 0 Å². The fraction of sp³-hybridized carbons (Fsp3) is 0.667. The predicted octanol–water partition coefficient (Wildman–Crippen LogP) is 0.331. The molecule has 0 aromatic heterocycles. The Morgan fingerprint density at radius 1 is 1.36 bits per heavy atom. The summed E-state index contributed by atoms with van der Waals surface area (Å²) < 4.78 is 8.67. The minimum atomic E-state index is -0.576. The average molecular weight is 181 g/mol. The second kappa shape index (κ2) is 5.97. The van der Waals surface area contributed by atoms with Gasteiger partial charge < -0.3 is 9.47 Å². The van der Waals surface area contributed by atoms with Crippen molar-refractivity contribution in [1.29, 1.82) is 0 Å². The van der Waals surface area contributed by atoms with Gasteiger partial charge in [-0.05, 0) is 0 Å². The van der Waals surface area contributed by atoms with E-state index < -0.39 is 11.9 Å². The minimum Gasteiger partial charge on any atom is -0.466 e.